The number of hydrogen-bond acceptors (Lipinski definition) is 5. The van der Waals surface area contributed by atoms with Gasteiger partial charge in [-0.1, -0.05) is 6.92 Å². The molecule has 0 amide bonds. The van der Waals surface area contributed by atoms with Gasteiger partial charge in [-0.3, -0.25) is 0 Å². The molecule has 0 unspecified atom stereocenters. The van der Waals surface area contributed by atoms with Gasteiger partial charge in [-0.05, 0) is 6.42 Å². The zero-order valence-electron chi connectivity index (χ0n) is 6.96. The number of aliphatic hydroxyl groups excluding tert-OH is 5. The van der Waals surface area contributed by atoms with Gasteiger partial charge in [0.05, 0.1) is 12.7 Å². The van der Waals surface area contributed by atoms with Crippen LogP contribution in [-0.2, 0) is 0 Å². The molecule has 0 bridgehead atoms. The molecule has 0 aromatic heterocycles. The third kappa shape index (κ3) is 3.04. The van der Waals surface area contributed by atoms with Gasteiger partial charge in [0.15, 0.2) is 0 Å². The highest BCUT2D eigenvalue weighted by molar-refractivity contribution is 4.79. The Kier molecular flexibility index (Phi) is 5.36. The minimum Gasteiger partial charge on any atom is -0.394 e. The van der Waals surface area contributed by atoms with E-state index in [9.17, 15) is 0 Å². The van der Waals surface area contributed by atoms with Crippen molar-refractivity contribution in [1.29, 1.82) is 0 Å². The highest BCUT2D eigenvalue weighted by Crippen LogP contribution is 2.06. The van der Waals surface area contributed by atoms with E-state index in [0.717, 1.165) is 0 Å². The van der Waals surface area contributed by atoms with Crippen LogP contribution in [0.1, 0.15) is 13.3 Å². The zero-order valence-corrected chi connectivity index (χ0v) is 6.96. The summed E-state index contributed by atoms with van der Waals surface area (Å²) < 4.78 is 0. The second-order valence-electron chi connectivity index (χ2n) is 2.71. The molecule has 4 atom stereocenters. The second kappa shape index (κ2) is 5.45. The molecule has 0 fully saturated rings. The Morgan fingerprint density at radius 3 is 1.67 bits per heavy atom. The maximum atomic E-state index is 9.12. The Morgan fingerprint density at radius 2 is 1.33 bits per heavy atom. The number of hydrogen-bond donors (Lipinski definition) is 5. The van der Waals surface area contributed by atoms with Crippen molar-refractivity contribution in [2.24, 2.45) is 0 Å². The lowest BCUT2D eigenvalue weighted by atomic mass is 10.0. The molecule has 5 nitrogen and oxygen atoms in total. The van der Waals surface area contributed by atoms with Crippen LogP contribution in [0.5, 0.6) is 0 Å². The van der Waals surface area contributed by atoms with Crippen LogP contribution >= 0.6 is 0 Å². The van der Waals surface area contributed by atoms with Crippen molar-refractivity contribution in [2.75, 3.05) is 6.61 Å². The Balaban J connectivity index is 3.99. The number of aliphatic hydroxyl groups is 5. The summed E-state index contributed by atoms with van der Waals surface area (Å²) in [4.78, 5) is 0. The fourth-order valence-electron chi connectivity index (χ4n) is 0.805. The van der Waals surface area contributed by atoms with Gasteiger partial charge in [-0.15, -0.1) is 0 Å². The van der Waals surface area contributed by atoms with Gasteiger partial charge >= 0.3 is 0 Å². The molecule has 0 saturated heterocycles. The summed E-state index contributed by atoms with van der Waals surface area (Å²) in [5, 5.41) is 44.5. The molecule has 0 aliphatic rings. The molecule has 0 heterocycles. The van der Waals surface area contributed by atoms with Gasteiger partial charge in [0.25, 0.3) is 0 Å². The lowest BCUT2D eigenvalue weighted by molar-refractivity contribution is -0.115. The summed E-state index contributed by atoms with van der Waals surface area (Å²) >= 11 is 0. The Labute approximate surface area is 70.9 Å². The number of rotatable bonds is 5. The van der Waals surface area contributed by atoms with Crippen LogP contribution in [0.15, 0.2) is 0 Å². The maximum Gasteiger partial charge on any atom is 0.110 e. The van der Waals surface area contributed by atoms with Crippen molar-refractivity contribution in [3.8, 4) is 0 Å². The van der Waals surface area contributed by atoms with Crippen molar-refractivity contribution in [3.63, 3.8) is 0 Å². The Morgan fingerprint density at radius 1 is 0.917 bits per heavy atom. The molecule has 0 radical (unpaired) electrons. The molecule has 0 rings (SSSR count). The molecular formula is C7H16O5. The van der Waals surface area contributed by atoms with Crippen LogP contribution < -0.4 is 0 Å². The van der Waals surface area contributed by atoms with E-state index in [1.165, 1.54) is 0 Å². The second-order valence-corrected chi connectivity index (χ2v) is 2.71. The Bertz CT molecular complexity index is 104. The first-order valence-corrected chi connectivity index (χ1v) is 3.87. The summed E-state index contributed by atoms with van der Waals surface area (Å²) in [5.74, 6) is 0. The van der Waals surface area contributed by atoms with Crippen LogP contribution in [0.4, 0.5) is 0 Å². The summed E-state index contributed by atoms with van der Waals surface area (Å²) in [6.07, 6.45) is -5.15. The molecule has 0 aromatic rings. The lowest BCUT2D eigenvalue weighted by Crippen LogP contribution is -2.45. The third-order valence-corrected chi connectivity index (χ3v) is 1.74. The van der Waals surface area contributed by atoms with E-state index in [-0.39, 0.29) is 6.42 Å². The summed E-state index contributed by atoms with van der Waals surface area (Å²) in [7, 11) is 0. The molecular weight excluding hydrogens is 164 g/mol. The van der Waals surface area contributed by atoms with Gasteiger partial charge in [0, 0.05) is 0 Å². The quantitative estimate of drug-likeness (QED) is 0.331. The predicted molar refractivity (Wildman–Crippen MR) is 41.4 cm³/mol. The van der Waals surface area contributed by atoms with Gasteiger partial charge < -0.3 is 25.5 Å². The first-order valence-electron chi connectivity index (χ1n) is 3.87. The van der Waals surface area contributed by atoms with E-state index < -0.39 is 31.0 Å². The largest absolute Gasteiger partial charge is 0.394 e. The molecule has 0 aliphatic heterocycles. The average molecular weight is 180 g/mol. The zero-order chi connectivity index (χ0) is 9.72. The first kappa shape index (κ1) is 11.8. The van der Waals surface area contributed by atoms with E-state index in [0.29, 0.717) is 0 Å². The third-order valence-electron chi connectivity index (χ3n) is 1.74. The van der Waals surface area contributed by atoms with E-state index >= 15 is 0 Å². The highest BCUT2D eigenvalue weighted by Gasteiger charge is 2.28. The van der Waals surface area contributed by atoms with Crippen LogP contribution in [0.25, 0.3) is 0 Å². The molecule has 0 spiro atoms. The minimum absolute atomic E-state index is 0.274. The molecule has 5 N–H and O–H groups in total. The Hall–Kier alpha value is -0.200. The van der Waals surface area contributed by atoms with Crippen molar-refractivity contribution < 1.29 is 25.5 Å². The average Bonchev–Trinajstić information content (AvgIpc) is 2.12. The maximum absolute atomic E-state index is 9.12. The van der Waals surface area contributed by atoms with E-state index in [1.54, 1.807) is 6.92 Å². The molecule has 5 heteroatoms. The van der Waals surface area contributed by atoms with Gasteiger partial charge in [-0.2, -0.15) is 0 Å². The van der Waals surface area contributed by atoms with Crippen LogP contribution in [0.2, 0.25) is 0 Å². The normalized spacial score (nSPS) is 21.5. The fourth-order valence-corrected chi connectivity index (χ4v) is 0.805. The SMILES string of the molecule is CC[C@@H](O)[C@@H](O)[C@H](O)[C@H](O)CO. The smallest absolute Gasteiger partial charge is 0.110 e. The summed E-state index contributed by atoms with van der Waals surface area (Å²) in [5.41, 5.74) is 0. The van der Waals surface area contributed by atoms with Gasteiger partial charge in [-0.25, -0.2) is 0 Å². The van der Waals surface area contributed by atoms with Crippen LogP contribution in [0, 0.1) is 0 Å². The van der Waals surface area contributed by atoms with Gasteiger partial charge in [0.1, 0.15) is 18.3 Å². The molecule has 0 aliphatic carbocycles. The molecule has 74 valence electrons. The topological polar surface area (TPSA) is 101 Å². The van der Waals surface area contributed by atoms with Crippen LogP contribution in [0.3, 0.4) is 0 Å². The van der Waals surface area contributed by atoms with Crippen molar-refractivity contribution >= 4 is 0 Å². The first-order chi connectivity index (χ1) is 5.54. The van der Waals surface area contributed by atoms with E-state index in [1.807, 2.05) is 0 Å². The van der Waals surface area contributed by atoms with Gasteiger partial charge in [0.2, 0.25) is 0 Å². The van der Waals surface area contributed by atoms with Crippen molar-refractivity contribution in [1.82, 2.24) is 0 Å². The highest BCUT2D eigenvalue weighted by atomic mass is 16.4. The summed E-state index contributed by atoms with van der Waals surface area (Å²) in [6, 6.07) is 0. The molecule has 0 aromatic carbocycles. The van der Waals surface area contributed by atoms with Crippen molar-refractivity contribution in [3.05, 3.63) is 0 Å². The van der Waals surface area contributed by atoms with Crippen LogP contribution in [-0.4, -0.2) is 56.6 Å². The summed E-state index contributed by atoms with van der Waals surface area (Å²) in [6.45, 7) is 0.987. The van der Waals surface area contributed by atoms with Crippen molar-refractivity contribution in [2.45, 2.75) is 37.8 Å². The van der Waals surface area contributed by atoms with E-state index in [4.69, 9.17) is 25.5 Å². The molecule has 0 saturated carbocycles. The standard InChI is InChI=1S/C7H16O5/c1-2-4(9)6(11)7(12)5(10)3-8/h4-12H,2-3H2,1H3/t4-,5-,6-,7-/m1/s1. The lowest BCUT2D eigenvalue weighted by Gasteiger charge is -2.24. The minimum atomic E-state index is -1.51. The molecule has 12 heavy (non-hydrogen) atoms. The monoisotopic (exact) mass is 180 g/mol. The van der Waals surface area contributed by atoms with E-state index in [2.05, 4.69) is 0 Å². The predicted octanol–water partition coefficient (Wildman–Crippen LogP) is -2.17. The fraction of sp³-hybridized carbons (Fsp3) is 1.00.